The summed E-state index contributed by atoms with van der Waals surface area (Å²) >= 11 is 0. The molecule has 0 saturated heterocycles. The lowest BCUT2D eigenvalue weighted by Crippen LogP contribution is -1.93. The smallest absolute Gasteiger partial charge is 0.123 e. The Hall–Kier alpha value is -0.850. The average molecular weight is 180 g/mol. The molecule has 0 heterocycles. The van der Waals surface area contributed by atoms with Crippen molar-refractivity contribution in [1.82, 2.24) is 0 Å². The Kier molecular flexibility index (Phi) is 3.94. The average Bonchev–Trinajstić information content (AvgIpc) is 2.15. The van der Waals surface area contributed by atoms with Gasteiger partial charge >= 0.3 is 0 Å². The lowest BCUT2D eigenvalue weighted by molar-refractivity contribution is 0.611. The summed E-state index contributed by atoms with van der Waals surface area (Å²) in [5.74, 6) is 0.409. The summed E-state index contributed by atoms with van der Waals surface area (Å²) in [4.78, 5) is 0. The second-order valence-corrected chi connectivity index (χ2v) is 3.59. The normalized spacial score (nSPS) is 12.8. The maximum absolute atomic E-state index is 12.6. The zero-order valence-corrected chi connectivity index (χ0v) is 8.39. The van der Waals surface area contributed by atoms with Gasteiger partial charge < -0.3 is 0 Å². The zero-order chi connectivity index (χ0) is 9.68. The van der Waals surface area contributed by atoms with Crippen LogP contribution >= 0.6 is 0 Å². The van der Waals surface area contributed by atoms with Crippen LogP contribution in [0.4, 0.5) is 4.39 Å². The molecule has 0 aromatic heterocycles. The summed E-state index contributed by atoms with van der Waals surface area (Å²) < 4.78 is 12.6. The first-order chi connectivity index (χ1) is 6.24. The van der Waals surface area contributed by atoms with Crippen LogP contribution in [0.5, 0.6) is 0 Å². The first kappa shape index (κ1) is 10.2. The van der Waals surface area contributed by atoms with Crippen LogP contribution in [0.3, 0.4) is 0 Å². The van der Waals surface area contributed by atoms with Gasteiger partial charge in [-0.2, -0.15) is 0 Å². The van der Waals surface area contributed by atoms with E-state index in [0.717, 1.165) is 0 Å². The molecule has 0 aliphatic carbocycles. The van der Waals surface area contributed by atoms with Crippen molar-refractivity contribution in [3.63, 3.8) is 0 Å². The Bertz CT molecular complexity index is 238. The highest BCUT2D eigenvalue weighted by molar-refractivity contribution is 5.19. The maximum Gasteiger partial charge on any atom is 0.123 e. The Balaban J connectivity index is 2.55. The number of halogens is 1. The van der Waals surface area contributed by atoms with Gasteiger partial charge in [0.15, 0.2) is 0 Å². The first-order valence-electron chi connectivity index (χ1n) is 4.99. The predicted octanol–water partition coefficient (Wildman–Crippen LogP) is 4.12. The molecule has 0 radical (unpaired) electrons. The number of benzene rings is 1. The minimum Gasteiger partial charge on any atom is -0.207 e. The highest BCUT2D eigenvalue weighted by Gasteiger charge is 2.03. The fourth-order valence-corrected chi connectivity index (χ4v) is 1.47. The number of rotatable bonds is 4. The third-order valence-corrected chi connectivity index (χ3v) is 2.43. The van der Waals surface area contributed by atoms with Crippen molar-refractivity contribution in [2.45, 2.75) is 39.0 Å². The van der Waals surface area contributed by atoms with Gasteiger partial charge in [0.05, 0.1) is 0 Å². The monoisotopic (exact) mass is 180 g/mol. The van der Waals surface area contributed by atoms with Crippen LogP contribution in [0.2, 0.25) is 0 Å². The molecule has 0 nitrogen and oxygen atoms in total. The molecule has 0 fully saturated rings. The lowest BCUT2D eigenvalue weighted by atomic mass is 9.96. The summed E-state index contributed by atoms with van der Waals surface area (Å²) in [5, 5.41) is 0. The summed E-state index contributed by atoms with van der Waals surface area (Å²) in [6.45, 7) is 4.39. The fraction of sp³-hybridized carbons (Fsp3) is 0.500. The van der Waals surface area contributed by atoms with Gasteiger partial charge in [-0.05, 0) is 30.0 Å². The van der Waals surface area contributed by atoms with Crippen LogP contribution in [-0.2, 0) is 0 Å². The van der Waals surface area contributed by atoms with Crippen LogP contribution in [0, 0.1) is 5.82 Å². The van der Waals surface area contributed by atoms with Crippen molar-refractivity contribution in [3.8, 4) is 0 Å². The molecule has 13 heavy (non-hydrogen) atoms. The Labute approximate surface area is 79.8 Å². The van der Waals surface area contributed by atoms with E-state index in [4.69, 9.17) is 0 Å². The molecule has 1 aromatic rings. The third-order valence-electron chi connectivity index (χ3n) is 2.43. The molecule has 0 aliphatic rings. The number of hydrogen-bond acceptors (Lipinski definition) is 0. The van der Waals surface area contributed by atoms with Crippen molar-refractivity contribution >= 4 is 0 Å². The van der Waals surface area contributed by atoms with Crippen LogP contribution in [0.1, 0.15) is 44.6 Å². The van der Waals surface area contributed by atoms with Crippen LogP contribution in [0.15, 0.2) is 24.3 Å². The van der Waals surface area contributed by atoms with E-state index in [-0.39, 0.29) is 5.82 Å². The predicted molar refractivity (Wildman–Crippen MR) is 54.3 cm³/mol. The lowest BCUT2D eigenvalue weighted by Gasteiger charge is -2.10. The number of hydrogen-bond donors (Lipinski definition) is 0. The number of unbranched alkanes of at least 4 members (excludes halogenated alkanes) is 1. The molecule has 72 valence electrons. The summed E-state index contributed by atoms with van der Waals surface area (Å²) in [5.41, 5.74) is 1.25. The van der Waals surface area contributed by atoms with Crippen molar-refractivity contribution in [3.05, 3.63) is 35.6 Å². The van der Waals surface area contributed by atoms with E-state index in [0.29, 0.717) is 5.92 Å². The molecule has 1 atom stereocenters. The van der Waals surface area contributed by atoms with Crippen molar-refractivity contribution in [2.24, 2.45) is 0 Å². The Morgan fingerprint density at radius 3 is 2.38 bits per heavy atom. The van der Waals surface area contributed by atoms with Crippen molar-refractivity contribution < 1.29 is 4.39 Å². The molecule has 0 aliphatic heterocycles. The van der Waals surface area contributed by atoms with E-state index in [1.54, 1.807) is 0 Å². The fourth-order valence-electron chi connectivity index (χ4n) is 1.47. The van der Waals surface area contributed by atoms with Gasteiger partial charge in [0, 0.05) is 0 Å². The van der Waals surface area contributed by atoms with Gasteiger partial charge in [-0.3, -0.25) is 0 Å². The summed E-state index contributed by atoms with van der Waals surface area (Å²) in [6.07, 6.45) is 3.67. The topological polar surface area (TPSA) is 0 Å². The standard InChI is InChI=1S/C12H17F/c1-3-4-5-10(2)11-6-8-12(13)9-7-11/h6-10H,3-5H2,1-2H3. The van der Waals surface area contributed by atoms with Gasteiger partial charge in [-0.15, -0.1) is 0 Å². The first-order valence-corrected chi connectivity index (χ1v) is 4.99. The molecular formula is C12H17F. The van der Waals surface area contributed by atoms with E-state index in [1.165, 1.54) is 37.0 Å². The molecule has 0 N–H and O–H groups in total. The highest BCUT2D eigenvalue weighted by atomic mass is 19.1. The minimum atomic E-state index is -0.147. The molecule has 0 spiro atoms. The van der Waals surface area contributed by atoms with Gasteiger partial charge in [-0.25, -0.2) is 4.39 Å². The van der Waals surface area contributed by atoms with Gasteiger partial charge in [0.2, 0.25) is 0 Å². The summed E-state index contributed by atoms with van der Waals surface area (Å²) in [7, 11) is 0. The quantitative estimate of drug-likeness (QED) is 0.653. The SMILES string of the molecule is CCCCC(C)c1ccc(F)cc1. The van der Waals surface area contributed by atoms with Gasteiger partial charge in [-0.1, -0.05) is 38.8 Å². The van der Waals surface area contributed by atoms with E-state index in [9.17, 15) is 4.39 Å². The van der Waals surface area contributed by atoms with E-state index >= 15 is 0 Å². The zero-order valence-electron chi connectivity index (χ0n) is 8.39. The van der Waals surface area contributed by atoms with E-state index < -0.39 is 0 Å². The second-order valence-electron chi connectivity index (χ2n) is 3.59. The largest absolute Gasteiger partial charge is 0.207 e. The Morgan fingerprint density at radius 1 is 1.23 bits per heavy atom. The minimum absolute atomic E-state index is 0.147. The van der Waals surface area contributed by atoms with Crippen LogP contribution in [0.25, 0.3) is 0 Å². The molecule has 1 unspecified atom stereocenters. The van der Waals surface area contributed by atoms with Gasteiger partial charge in [0.25, 0.3) is 0 Å². The molecule has 1 heteroatoms. The van der Waals surface area contributed by atoms with E-state index in [1.807, 2.05) is 12.1 Å². The molecular weight excluding hydrogens is 163 g/mol. The van der Waals surface area contributed by atoms with Crippen molar-refractivity contribution in [2.75, 3.05) is 0 Å². The summed E-state index contributed by atoms with van der Waals surface area (Å²) in [6, 6.07) is 6.85. The molecule has 0 bridgehead atoms. The third kappa shape index (κ3) is 3.17. The molecule has 0 saturated carbocycles. The second kappa shape index (κ2) is 5.00. The van der Waals surface area contributed by atoms with Crippen LogP contribution in [-0.4, -0.2) is 0 Å². The Morgan fingerprint density at radius 2 is 1.85 bits per heavy atom. The highest BCUT2D eigenvalue weighted by Crippen LogP contribution is 2.21. The maximum atomic E-state index is 12.6. The molecule has 0 amide bonds. The van der Waals surface area contributed by atoms with Crippen molar-refractivity contribution in [1.29, 1.82) is 0 Å². The van der Waals surface area contributed by atoms with Gasteiger partial charge in [0.1, 0.15) is 5.82 Å². The van der Waals surface area contributed by atoms with Crippen LogP contribution < -0.4 is 0 Å². The molecule has 1 rings (SSSR count). The molecule has 1 aromatic carbocycles. The van der Waals surface area contributed by atoms with E-state index in [2.05, 4.69) is 13.8 Å².